The van der Waals surface area contributed by atoms with Crippen LogP contribution < -0.4 is 4.90 Å². The fraction of sp³-hybridized carbons (Fsp3) is 0.579. The van der Waals surface area contributed by atoms with E-state index >= 15 is 0 Å². The van der Waals surface area contributed by atoms with Gasteiger partial charge in [0.2, 0.25) is 11.8 Å². The summed E-state index contributed by atoms with van der Waals surface area (Å²) in [6, 6.07) is 4.63. The average molecular weight is 348 g/mol. The lowest BCUT2D eigenvalue weighted by molar-refractivity contribution is -0.138. The average Bonchev–Trinajstić information content (AvgIpc) is 2.99. The number of rotatable bonds is 4. The maximum absolute atomic E-state index is 13.5. The third-order valence-corrected chi connectivity index (χ3v) is 5.16. The SMILES string of the molecule is COC[C@H]1CCCN(C(=O)[C@H]2CC(=O)N(c3ccc(F)c(C)c3)C2)C1. The van der Waals surface area contributed by atoms with E-state index in [1.54, 1.807) is 31.1 Å². The van der Waals surface area contributed by atoms with Gasteiger partial charge in [-0.05, 0) is 49.4 Å². The Balaban J connectivity index is 1.67. The van der Waals surface area contributed by atoms with E-state index < -0.39 is 0 Å². The van der Waals surface area contributed by atoms with E-state index in [9.17, 15) is 14.0 Å². The lowest BCUT2D eigenvalue weighted by Gasteiger charge is -2.34. The Morgan fingerprint density at radius 1 is 1.36 bits per heavy atom. The highest BCUT2D eigenvalue weighted by Gasteiger charge is 2.38. The molecule has 0 aromatic heterocycles. The predicted molar refractivity (Wildman–Crippen MR) is 92.8 cm³/mol. The van der Waals surface area contributed by atoms with Gasteiger partial charge in [-0.25, -0.2) is 4.39 Å². The summed E-state index contributed by atoms with van der Waals surface area (Å²) in [5, 5.41) is 0. The number of aryl methyl sites for hydroxylation is 1. The highest BCUT2D eigenvalue weighted by atomic mass is 19.1. The Hall–Kier alpha value is -1.95. The van der Waals surface area contributed by atoms with E-state index in [1.807, 2.05) is 4.90 Å². The molecule has 2 aliphatic heterocycles. The van der Waals surface area contributed by atoms with Crippen LogP contribution in [0.4, 0.5) is 10.1 Å². The summed E-state index contributed by atoms with van der Waals surface area (Å²) in [5.74, 6) is -0.263. The minimum Gasteiger partial charge on any atom is -0.384 e. The van der Waals surface area contributed by atoms with Gasteiger partial charge in [0.05, 0.1) is 12.5 Å². The van der Waals surface area contributed by atoms with Crippen molar-refractivity contribution in [3.05, 3.63) is 29.6 Å². The molecule has 136 valence electrons. The van der Waals surface area contributed by atoms with Crippen molar-refractivity contribution in [3.63, 3.8) is 0 Å². The van der Waals surface area contributed by atoms with Crippen molar-refractivity contribution in [3.8, 4) is 0 Å². The van der Waals surface area contributed by atoms with Crippen LogP contribution in [0.3, 0.4) is 0 Å². The molecule has 2 heterocycles. The summed E-state index contributed by atoms with van der Waals surface area (Å²) in [4.78, 5) is 28.7. The van der Waals surface area contributed by atoms with Crippen molar-refractivity contribution in [2.24, 2.45) is 11.8 Å². The molecule has 6 heteroatoms. The first-order chi connectivity index (χ1) is 12.0. The first-order valence-electron chi connectivity index (χ1n) is 8.84. The van der Waals surface area contributed by atoms with E-state index in [-0.39, 0.29) is 30.0 Å². The molecule has 2 aliphatic rings. The zero-order chi connectivity index (χ0) is 18.0. The van der Waals surface area contributed by atoms with E-state index in [1.165, 1.54) is 6.07 Å². The van der Waals surface area contributed by atoms with Crippen LogP contribution in [0.1, 0.15) is 24.8 Å². The standard InChI is InChI=1S/C19H25FN2O3/c1-13-8-16(5-6-17(13)20)22-11-15(9-18(22)23)19(24)21-7-3-4-14(10-21)12-25-2/h5-6,8,14-15H,3-4,7,9-12H2,1-2H3/t14-,15-/m0/s1. The molecule has 0 aliphatic carbocycles. The summed E-state index contributed by atoms with van der Waals surface area (Å²) in [6.07, 6.45) is 2.27. The molecule has 5 nitrogen and oxygen atoms in total. The molecule has 0 radical (unpaired) electrons. The number of hydrogen-bond acceptors (Lipinski definition) is 3. The van der Waals surface area contributed by atoms with Gasteiger partial charge in [0.15, 0.2) is 0 Å². The van der Waals surface area contributed by atoms with Crippen LogP contribution in [0.2, 0.25) is 0 Å². The van der Waals surface area contributed by atoms with E-state index in [2.05, 4.69) is 0 Å². The fourth-order valence-electron chi connectivity index (χ4n) is 3.81. The number of carbonyl (C=O) groups excluding carboxylic acids is 2. The Kier molecular flexibility index (Phi) is 5.37. The first kappa shape index (κ1) is 17.9. The number of nitrogens with zero attached hydrogens (tertiary/aromatic N) is 2. The van der Waals surface area contributed by atoms with Gasteiger partial charge in [-0.15, -0.1) is 0 Å². The lowest BCUT2D eigenvalue weighted by Crippen LogP contribution is -2.44. The normalized spacial score (nSPS) is 24.0. The van der Waals surface area contributed by atoms with Gasteiger partial charge in [0.1, 0.15) is 5.82 Å². The van der Waals surface area contributed by atoms with Crippen molar-refractivity contribution in [1.82, 2.24) is 4.90 Å². The van der Waals surface area contributed by atoms with Gasteiger partial charge >= 0.3 is 0 Å². The highest BCUT2D eigenvalue weighted by molar-refractivity contribution is 6.00. The van der Waals surface area contributed by atoms with Crippen molar-refractivity contribution in [1.29, 1.82) is 0 Å². The first-order valence-corrected chi connectivity index (χ1v) is 8.84. The second-order valence-electron chi connectivity index (χ2n) is 7.09. The van der Waals surface area contributed by atoms with Crippen LogP contribution in [-0.2, 0) is 14.3 Å². The zero-order valence-corrected chi connectivity index (χ0v) is 14.8. The molecule has 1 aromatic carbocycles. The van der Waals surface area contributed by atoms with Crippen LogP contribution in [0.25, 0.3) is 0 Å². The predicted octanol–water partition coefficient (Wildman–Crippen LogP) is 2.37. The second kappa shape index (κ2) is 7.52. The minimum absolute atomic E-state index is 0.0514. The summed E-state index contributed by atoms with van der Waals surface area (Å²) < 4.78 is 18.7. The smallest absolute Gasteiger partial charge is 0.228 e. The van der Waals surface area contributed by atoms with Crippen LogP contribution >= 0.6 is 0 Å². The molecule has 2 atom stereocenters. The molecule has 0 saturated carbocycles. The molecular formula is C19H25FN2O3. The quantitative estimate of drug-likeness (QED) is 0.839. The van der Waals surface area contributed by atoms with Crippen LogP contribution in [0.15, 0.2) is 18.2 Å². The molecule has 2 amide bonds. The van der Waals surface area contributed by atoms with E-state index in [0.717, 1.165) is 19.4 Å². The molecule has 2 saturated heterocycles. The monoisotopic (exact) mass is 348 g/mol. The maximum atomic E-state index is 13.5. The number of carbonyl (C=O) groups is 2. The molecule has 25 heavy (non-hydrogen) atoms. The fourth-order valence-corrected chi connectivity index (χ4v) is 3.81. The minimum atomic E-state index is -0.320. The number of likely N-dealkylation sites (tertiary alicyclic amines) is 1. The van der Waals surface area contributed by atoms with Crippen molar-refractivity contribution in [2.45, 2.75) is 26.2 Å². The van der Waals surface area contributed by atoms with Crippen LogP contribution in [0.5, 0.6) is 0 Å². The lowest BCUT2D eigenvalue weighted by atomic mass is 9.97. The van der Waals surface area contributed by atoms with Crippen LogP contribution in [0, 0.1) is 24.6 Å². The number of halogens is 1. The Bertz CT molecular complexity index is 662. The Morgan fingerprint density at radius 3 is 2.88 bits per heavy atom. The number of hydrogen-bond donors (Lipinski definition) is 0. The maximum Gasteiger partial charge on any atom is 0.228 e. The van der Waals surface area contributed by atoms with Gasteiger partial charge in [-0.3, -0.25) is 9.59 Å². The molecule has 0 bridgehead atoms. The molecular weight excluding hydrogens is 323 g/mol. The van der Waals surface area contributed by atoms with Gasteiger partial charge < -0.3 is 14.5 Å². The van der Waals surface area contributed by atoms with Gasteiger partial charge in [-0.2, -0.15) is 0 Å². The van der Waals surface area contributed by atoms with Crippen molar-refractivity contribution >= 4 is 17.5 Å². The summed E-state index contributed by atoms with van der Waals surface area (Å²) in [5.41, 5.74) is 1.16. The summed E-state index contributed by atoms with van der Waals surface area (Å²) >= 11 is 0. The Morgan fingerprint density at radius 2 is 2.16 bits per heavy atom. The number of anilines is 1. The van der Waals surface area contributed by atoms with Crippen molar-refractivity contribution < 1.29 is 18.7 Å². The van der Waals surface area contributed by atoms with Crippen LogP contribution in [-0.4, -0.2) is 50.1 Å². The summed E-state index contributed by atoms with van der Waals surface area (Å²) in [7, 11) is 1.68. The summed E-state index contributed by atoms with van der Waals surface area (Å²) in [6.45, 7) is 4.15. The van der Waals surface area contributed by atoms with Crippen molar-refractivity contribution in [2.75, 3.05) is 38.3 Å². The molecule has 0 spiro atoms. The molecule has 1 aromatic rings. The number of benzene rings is 1. The highest BCUT2D eigenvalue weighted by Crippen LogP contribution is 2.29. The van der Waals surface area contributed by atoms with E-state index in [0.29, 0.717) is 36.9 Å². The number of piperidine rings is 1. The second-order valence-corrected chi connectivity index (χ2v) is 7.09. The van der Waals surface area contributed by atoms with Gasteiger partial charge in [0.25, 0.3) is 0 Å². The Labute approximate surface area is 147 Å². The zero-order valence-electron chi connectivity index (χ0n) is 14.8. The molecule has 2 fully saturated rings. The largest absolute Gasteiger partial charge is 0.384 e. The molecule has 3 rings (SSSR count). The topological polar surface area (TPSA) is 49.9 Å². The van der Waals surface area contributed by atoms with Gasteiger partial charge in [-0.1, -0.05) is 0 Å². The number of ether oxygens (including phenoxy) is 1. The number of methoxy groups -OCH3 is 1. The third kappa shape index (κ3) is 3.84. The third-order valence-electron chi connectivity index (χ3n) is 5.16. The molecule has 0 N–H and O–H groups in total. The molecule has 0 unspecified atom stereocenters. The number of amides is 2. The van der Waals surface area contributed by atoms with Gasteiger partial charge in [0, 0.05) is 38.9 Å². The van der Waals surface area contributed by atoms with E-state index in [4.69, 9.17) is 4.74 Å².